The van der Waals surface area contributed by atoms with Crippen LogP contribution in [0.1, 0.15) is 25.7 Å². The predicted octanol–water partition coefficient (Wildman–Crippen LogP) is 0.476. The van der Waals surface area contributed by atoms with Gasteiger partial charge in [-0.15, -0.1) is 0 Å². The van der Waals surface area contributed by atoms with Gasteiger partial charge in [0.1, 0.15) is 0 Å². The van der Waals surface area contributed by atoms with E-state index in [0.717, 1.165) is 24.5 Å². The maximum absolute atomic E-state index is 5.65. The average Bonchev–Trinajstić information content (AvgIpc) is 2.34. The standard InChI is InChI=1S/C8H16N2/c9-5-6-1-2-7-3-4-8(6)10-7/h6-8,10H,1-5,9H2. The Kier molecular flexibility index (Phi) is 1.66. The van der Waals surface area contributed by atoms with Crippen molar-refractivity contribution in [1.29, 1.82) is 0 Å². The molecule has 0 aromatic carbocycles. The van der Waals surface area contributed by atoms with Crippen molar-refractivity contribution >= 4 is 0 Å². The first-order chi connectivity index (χ1) is 4.90. The molecule has 2 bridgehead atoms. The fraction of sp³-hybridized carbons (Fsp3) is 1.00. The first-order valence-electron chi connectivity index (χ1n) is 4.36. The molecule has 0 spiro atoms. The lowest BCUT2D eigenvalue weighted by Gasteiger charge is -2.28. The largest absolute Gasteiger partial charge is 0.330 e. The van der Waals surface area contributed by atoms with Crippen LogP contribution in [0.5, 0.6) is 0 Å². The van der Waals surface area contributed by atoms with Crippen LogP contribution in [0.25, 0.3) is 0 Å². The van der Waals surface area contributed by atoms with Crippen molar-refractivity contribution in [3.8, 4) is 0 Å². The Morgan fingerprint density at radius 3 is 2.80 bits per heavy atom. The first-order valence-corrected chi connectivity index (χ1v) is 4.36. The normalized spacial score (nSPS) is 45.9. The zero-order valence-corrected chi connectivity index (χ0v) is 6.34. The van der Waals surface area contributed by atoms with Gasteiger partial charge in [-0.3, -0.25) is 0 Å². The van der Waals surface area contributed by atoms with Gasteiger partial charge in [-0.25, -0.2) is 0 Å². The summed E-state index contributed by atoms with van der Waals surface area (Å²) in [5, 5.41) is 3.61. The molecule has 2 fully saturated rings. The summed E-state index contributed by atoms with van der Waals surface area (Å²) < 4.78 is 0. The van der Waals surface area contributed by atoms with E-state index in [9.17, 15) is 0 Å². The third kappa shape index (κ3) is 0.956. The van der Waals surface area contributed by atoms with Crippen LogP contribution in [0.2, 0.25) is 0 Å². The van der Waals surface area contributed by atoms with E-state index < -0.39 is 0 Å². The molecule has 0 amide bonds. The van der Waals surface area contributed by atoms with Gasteiger partial charge in [0.25, 0.3) is 0 Å². The minimum absolute atomic E-state index is 0.767. The lowest BCUT2D eigenvalue weighted by molar-refractivity contribution is 0.297. The smallest absolute Gasteiger partial charge is 0.0110 e. The zero-order chi connectivity index (χ0) is 6.97. The van der Waals surface area contributed by atoms with Gasteiger partial charge in [0.15, 0.2) is 0 Å². The molecule has 3 N–H and O–H groups in total. The second-order valence-electron chi connectivity index (χ2n) is 3.62. The fourth-order valence-electron chi connectivity index (χ4n) is 2.35. The van der Waals surface area contributed by atoms with Crippen molar-refractivity contribution in [2.24, 2.45) is 11.7 Å². The SMILES string of the molecule is NCC1CCC2CCC1N2. The van der Waals surface area contributed by atoms with Crippen LogP contribution in [0.4, 0.5) is 0 Å². The highest BCUT2D eigenvalue weighted by molar-refractivity contribution is 4.93. The van der Waals surface area contributed by atoms with Crippen molar-refractivity contribution in [3.63, 3.8) is 0 Å². The summed E-state index contributed by atoms with van der Waals surface area (Å²) in [6.07, 6.45) is 5.48. The minimum atomic E-state index is 0.767. The molecule has 58 valence electrons. The molecule has 0 aromatic rings. The quantitative estimate of drug-likeness (QED) is 0.556. The summed E-state index contributed by atoms with van der Waals surface area (Å²) in [6, 6.07) is 1.61. The van der Waals surface area contributed by atoms with Gasteiger partial charge in [-0.1, -0.05) is 0 Å². The molecule has 2 aliphatic rings. The van der Waals surface area contributed by atoms with Gasteiger partial charge in [0.2, 0.25) is 0 Å². The molecule has 2 heteroatoms. The molecule has 0 radical (unpaired) electrons. The van der Waals surface area contributed by atoms with Crippen LogP contribution in [-0.2, 0) is 0 Å². The van der Waals surface area contributed by atoms with Gasteiger partial charge < -0.3 is 11.1 Å². The number of piperidine rings is 1. The lowest BCUT2D eigenvalue weighted by Crippen LogP contribution is -2.43. The number of nitrogens with two attached hydrogens (primary N) is 1. The van der Waals surface area contributed by atoms with E-state index in [1.807, 2.05) is 0 Å². The third-order valence-corrected chi connectivity index (χ3v) is 3.03. The van der Waals surface area contributed by atoms with Crippen molar-refractivity contribution < 1.29 is 0 Å². The minimum Gasteiger partial charge on any atom is -0.330 e. The highest BCUT2D eigenvalue weighted by Gasteiger charge is 2.33. The molecule has 2 rings (SSSR count). The molecule has 10 heavy (non-hydrogen) atoms. The molecule has 0 saturated carbocycles. The van der Waals surface area contributed by atoms with Crippen LogP contribution in [-0.4, -0.2) is 18.6 Å². The maximum Gasteiger partial charge on any atom is 0.0110 e. The van der Waals surface area contributed by atoms with Crippen LogP contribution in [0.3, 0.4) is 0 Å². The molecule has 2 heterocycles. The van der Waals surface area contributed by atoms with E-state index >= 15 is 0 Å². The van der Waals surface area contributed by atoms with E-state index in [0.29, 0.717) is 0 Å². The first kappa shape index (κ1) is 6.62. The maximum atomic E-state index is 5.65. The Morgan fingerprint density at radius 1 is 1.20 bits per heavy atom. The molecular formula is C8H16N2. The van der Waals surface area contributed by atoms with Gasteiger partial charge in [-0.2, -0.15) is 0 Å². The molecule has 3 atom stereocenters. The Balaban J connectivity index is 2.00. The highest BCUT2D eigenvalue weighted by atomic mass is 15.0. The molecule has 0 aromatic heterocycles. The summed E-state index contributed by atoms with van der Waals surface area (Å²) in [5.74, 6) is 0.777. The van der Waals surface area contributed by atoms with Crippen LogP contribution in [0, 0.1) is 5.92 Å². The van der Waals surface area contributed by atoms with Gasteiger partial charge in [-0.05, 0) is 38.1 Å². The molecule has 2 saturated heterocycles. The summed E-state index contributed by atoms with van der Waals surface area (Å²) >= 11 is 0. The Morgan fingerprint density at radius 2 is 2.00 bits per heavy atom. The molecule has 0 aliphatic carbocycles. The van der Waals surface area contributed by atoms with Crippen LogP contribution < -0.4 is 11.1 Å². The number of fused-ring (bicyclic) bond motifs is 2. The molecular weight excluding hydrogens is 124 g/mol. The summed E-state index contributed by atoms with van der Waals surface area (Å²) in [6.45, 7) is 0.879. The van der Waals surface area contributed by atoms with Crippen LogP contribution >= 0.6 is 0 Å². The second-order valence-corrected chi connectivity index (χ2v) is 3.62. The molecule has 2 aliphatic heterocycles. The van der Waals surface area contributed by atoms with Crippen molar-refractivity contribution in [2.75, 3.05) is 6.54 Å². The van der Waals surface area contributed by atoms with E-state index in [4.69, 9.17) is 5.73 Å². The van der Waals surface area contributed by atoms with Crippen molar-refractivity contribution in [3.05, 3.63) is 0 Å². The van der Waals surface area contributed by atoms with E-state index in [2.05, 4.69) is 5.32 Å². The number of rotatable bonds is 1. The van der Waals surface area contributed by atoms with Crippen molar-refractivity contribution in [2.45, 2.75) is 37.8 Å². The fourth-order valence-corrected chi connectivity index (χ4v) is 2.35. The number of hydrogen-bond donors (Lipinski definition) is 2. The van der Waals surface area contributed by atoms with Gasteiger partial charge in [0, 0.05) is 12.1 Å². The van der Waals surface area contributed by atoms with Crippen molar-refractivity contribution in [1.82, 2.24) is 5.32 Å². The Hall–Kier alpha value is -0.0800. The van der Waals surface area contributed by atoms with E-state index in [-0.39, 0.29) is 0 Å². The summed E-state index contributed by atoms with van der Waals surface area (Å²) in [5.41, 5.74) is 5.65. The summed E-state index contributed by atoms with van der Waals surface area (Å²) in [4.78, 5) is 0. The van der Waals surface area contributed by atoms with Gasteiger partial charge >= 0.3 is 0 Å². The van der Waals surface area contributed by atoms with Gasteiger partial charge in [0.05, 0.1) is 0 Å². The van der Waals surface area contributed by atoms with Crippen LogP contribution in [0.15, 0.2) is 0 Å². The number of hydrogen-bond acceptors (Lipinski definition) is 2. The monoisotopic (exact) mass is 140 g/mol. The third-order valence-electron chi connectivity index (χ3n) is 3.03. The Labute approximate surface area is 62.2 Å². The topological polar surface area (TPSA) is 38.0 Å². The Bertz CT molecular complexity index is 124. The molecule has 2 nitrogen and oxygen atoms in total. The summed E-state index contributed by atoms with van der Waals surface area (Å²) in [7, 11) is 0. The zero-order valence-electron chi connectivity index (χ0n) is 6.34. The second kappa shape index (κ2) is 2.51. The van der Waals surface area contributed by atoms with E-state index in [1.165, 1.54) is 25.7 Å². The average molecular weight is 140 g/mol. The van der Waals surface area contributed by atoms with E-state index in [1.54, 1.807) is 0 Å². The number of nitrogens with one attached hydrogen (secondary N) is 1. The predicted molar refractivity (Wildman–Crippen MR) is 41.7 cm³/mol. The highest BCUT2D eigenvalue weighted by Crippen LogP contribution is 2.30. The molecule has 3 unspecified atom stereocenters. The lowest BCUT2D eigenvalue weighted by atomic mass is 9.92.